The summed E-state index contributed by atoms with van der Waals surface area (Å²) in [4.78, 5) is 24.2. The van der Waals surface area contributed by atoms with Gasteiger partial charge in [-0.1, -0.05) is 30.3 Å². The number of hydrogen-bond acceptors (Lipinski definition) is 4. The van der Waals surface area contributed by atoms with Gasteiger partial charge in [-0.2, -0.15) is 9.61 Å². The van der Waals surface area contributed by atoms with Gasteiger partial charge in [0.05, 0.1) is 11.1 Å². The van der Waals surface area contributed by atoms with Gasteiger partial charge in [0.15, 0.2) is 0 Å². The molecule has 1 saturated carbocycles. The molecule has 0 N–H and O–H groups in total. The zero-order chi connectivity index (χ0) is 21.0. The first-order valence-corrected chi connectivity index (χ1v) is 9.29. The molecule has 2 aromatic carbocycles. The molecule has 7 nitrogen and oxygen atoms in total. The van der Waals surface area contributed by atoms with Gasteiger partial charge in [0.25, 0.3) is 0 Å². The van der Waals surface area contributed by atoms with Gasteiger partial charge in [0.1, 0.15) is 23.0 Å². The minimum atomic E-state index is -0.903. The normalized spacial score (nSPS) is 13.7. The maximum atomic E-state index is 14.5. The second-order valence-corrected chi connectivity index (χ2v) is 7.14. The number of halogens is 2. The summed E-state index contributed by atoms with van der Waals surface area (Å²) in [5, 5.41) is 15.9. The number of aromatic nitrogens is 3. The average molecular weight is 408 g/mol. The van der Waals surface area contributed by atoms with Crippen molar-refractivity contribution in [3.63, 3.8) is 0 Å². The Labute approximate surface area is 168 Å². The molecule has 1 fully saturated rings. The highest BCUT2D eigenvalue weighted by molar-refractivity contribution is 5.82. The number of nitro groups is 1. The highest BCUT2D eigenvalue weighted by Gasteiger charge is 2.36. The van der Waals surface area contributed by atoms with E-state index in [-0.39, 0.29) is 28.5 Å². The lowest BCUT2D eigenvalue weighted by molar-refractivity contribution is -0.386. The molecule has 9 heteroatoms. The minimum Gasteiger partial charge on any atom is -0.316 e. The van der Waals surface area contributed by atoms with Crippen molar-refractivity contribution in [2.45, 2.75) is 18.9 Å². The first kappa shape index (κ1) is 18.2. The molecule has 1 aliphatic rings. The Morgan fingerprint density at radius 1 is 1.07 bits per heavy atom. The van der Waals surface area contributed by atoms with Crippen molar-refractivity contribution < 1.29 is 13.7 Å². The van der Waals surface area contributed by atoms with Gasteiger partial charge in [-0.15, -0.1) is 0 Å². The van der Waals surface area contributed by atoms with Crippen LogP contribution in [-0.4, -0.2) is 19.1 Å². The number of rotatable bonds is 4. The second-order valence-electron chi connectivity index (χ2n) is 7.14. The lowest BCUT2D eigenvalue weighted by Gasteiger charge is -2.16. The molecular weight excluding hydrogens is 394 g/mol. The molecular formula is C21H14F2N4O3. The molecule has 0 radical (unpaired) electrons. The number of benzene rings is 2. The number of hydrogen-bond donors (Lipinski definition) is 0. The maximum Gasteiger partial charge on any atom is 0.360 e. The number of fused-ring (bicyclic) bond motifs is 1. The Hall–Kier alpha value is -3.88. The van der Waals surface area contributed by atoms with Gasteiger partial charge in [-0.3, -0.25) is 14.9 Å². The Morgan fingerprint density at radius 2 is 1.80 bits per heavy atom. The van der Waals surface area contributed by atoms with E-state index in [4.69, 9.17) is 0 Å². The predicted molar refractivity (Wildman–Crippen MR) is 105 cm³/mol. The van der Waals surface area contributed by atoms with Crippen molar-refractivity contribution in [1.82, 2.24) is 14.2 Å². The fraction of sp³-hybridized carbons (Fsp3) is 0.143. The molecule has 0 aliphatic heterocycles. The summed E-state index contributed by atoms with van der Waals surface area (Å²) in [6, 6.07) is 11.6. The lowest BCUT2D eigenvalue weighted by Crippen LogP contribution is -2.24. The summed E-state index contributed by atoms with van der Waals surface area (Å²) < 4.78 is 30.6. The molecule has 150 valence electrons. The van der Waals surface area contributed by atoms with Gasteiger partial charge < -0.3 is 4.57 Å². The molecule has 0 amide bonds. The third-order valence-corrected chi connectivity index (χ3v) is 5.20. The Balaban J connectivity index is 1.96. The van der Waals surface area contributed by atoms with Crippen LogP contribution in [-0.2, 0) is 0 Å². The molecule has 0 spiro atoms. The fourth-order valence-electron chi connectivity index (χ4n) is 3.77. The van der Waals surface area contributed by atoms with Gasteiger partial charge in [-0.05, 0) is 25.0 Å². The standard InChI is InChI=1S/C21H14F2N4O3/c22-13-6-9-15(17(23)10-13)16-11-24-26-20(16)25(14-7-8-14)18(12-4-2-1-3-5-12)19(21(26)28)27(29)30/h1-6,9-11,14H,7-8H2. The summed E-state index contributed by atoms with van der Waals surface area (Å²) in [7, 11) is 0. The molecule has 30 heavy (non-hydrogen) atoms. The summed E-state index contributed by atoms with van der Waals surface area (Å²) in [6.07, 6.45) is 2.79. The predicted octanol–water partition coefficient (Wildman–Crippen LogP) is 4.35. The third-order valence-electron chi connectivity index (χ3n) is 5.20. The van der Waals surface area contributed by atoms with Crippen molar-refractivity contribution in [2.75, 3.05) is 0 Å². The second kappa shape index (κ2) is 6.58. The van der Waals surface area contributed by atoms with Crippen molar-refractivity contribution in [3.8, 4) is 22.4 Å². The summed E-state index contributed by atoms with van der Waals surface area (Å²) in [5.74, 6) is -1.53. The molecule has 5 rings (SSSR count). The largest absolute Gasteiger partial charge is 0.360 e. The van der Waals surface area contributed by atoms with Crippen LogP contribution >= 0.6 is 0 Å². The van der Waals surface area contributed by atoms with Crippen LogP contribution in [0.15, 0.2) is 59.5 Å². The zero-order valence-corrected chi connectivity index (χ0v) is 15.5. The molecule has 0 unspecified atom stereocenters. The van der Waals surface area contributed by atoms with E-state index < -0.39 is 27.8 Å². The van der Waals surface area contributed by atoms with Gasteiger partial charge in [-0.25, -0.2) is 8.78 Å². The van der Waals surface area contributed by atoms with Crippen LogP contribution in [0.2, 0.25) is 0 Å². The SMILES string of the molecule is O=c1c([N+](=O)[O-])c(-c2ccccc2)n(C2CC2)c2c(-c3ccc(F)cc3F)cnn12. The fourth-order valence-corrected chi connectivity index (χ4v) is 3.77. The van der Waals surface area contributed by atoms with Crippen LogP contribution in [0.25, 0.3) is 28.0 Å². The van der Waals surface area contributed by atoms with E-state index in [1.54, 1.807) is 34.9 Å². The van der Waals surface area contributed by atoms with Crippen LogP contribution in [0.1, 0.15) is 18.9 Å². The van der Waals surface area contributed by atoms with E-state index in [1.165, 1.54) is 12.3 Å². The molecule has 2 heterocycles. The highest BCUT2D eigenvalue weighted by atomic mass is 19.1. The van der Waals surface area contributed by atoms with Gasteiger partial charge in [0, 0.05) is 28.8 Å². The quantitative estimate of drug-likeness (QED) is 0.371. The highest BCUT2D eigenvalue weighted by Crippen LogP contribution is 2.43. The molecule has 0 saturated heterocycles. The third kappa shape index (κ3) is 2.70. The van der Waals surface area contributed by atoms with Crippen molar-refractivity contribution in [3.05, 3.63) is 86.8 Å². The molecule has 4 aromatic rings. The maximum absolute atomic E-state index is 14.5. The van der Waals surface area contributed by atoms with E-state index in [0.29, 0.717) is 5.56 Å². The summed E-state index contributed by atoms with van der Waals surface area (Å²) in [6.45, 7) is 0. The monoisotopic (exact) mass is 408 g/mol. The van der Waals surface area contributed by atoms with Gasteiger partial charge in [0.2, 0.25) is 0 Å². The average Bonchev–Trinajstić information content (AvgIpc) is 3.47. The Morgan fingerprint density at radius 3 is 2.43 bits per heavy atom. The lowest BCUT2D eigenvalue weighted by atomic mass is 10.1. The van der Waals surface area contributed by atoms with Gasteiger partial charge >= 0.3 is 11.2 Å². The summed E-state index contributed by atoms with van der Waals surface area (Å²) in [5.41, 5.74) is -0.254. The van der Waals surface area contributed by atoms with E-state index >= 15 is 0 Å². The molecule has 0 bridgehead atoms. The van der Waals surface area contributed by atoms with Crippen molar-refractivity contribution in [2.24, 2.45) is 0 Å². The summed E-state index contributed by atoms with van der Waals surface area (Å²) >= 11 is 0. The Kier molecular flexibility index (Phi) is 3.99. The van der Waals surface area contributed by atoms with E-state index in [9.17, 15) is 23.7 Å². The first-order chi connectivity index (χ1) is 14.5. The first-order valence-electron chi connectivity index (χ1n) is 9.29. The minimum absolute atomic E-state index is 0.0630. The zero-order valence-electron chi connectivity index (χ0n) is 15.5. The van der Waals surface area contributed by atoms with E-state index in [0.717, 1.165) is 29.5 Å². The van der Waals surface area contributed by atoms with E-state index in [2.05, 4.69) is 5.10 Å². The number of nitrogens with zero attached hydrogens (tertiary/aromatic N) is 4. The smallest absolute Gasteiger partial charge is 0.316 e. The molecule has 1 aliphatic carbocycles. The Bertz CT molecular complexity index is 1370. The van der Waals surface area contributed by atoms with Crippen LogP contribution in [0.4, 0.5) is 14.5 Å². The molecule has 0 atom stereocenters. The molecule has 2 aromatic heterocycles. The van der Waals surface area contributed by atoms with E-state index in [1.807, 2.05) is 0 Å². The van der Waals surface area contributed by atoms with Crippen molar-refractivity contribution in [1.29, 1.82) is 0 Å². The van der Waals surface area contributed by atoms with Crippen LogP contribution in [0.5, 0.6) is 0 Å². The van der Waals surface area contributed by atoms with Crippen LogP contribution in [0, 0.1) is 21.7 Å². The van der Waals surface area contributed by atoms with Crippen LogP contribution in [0.3, 0.4) is 0 Å². The van der Waals surface area contributed by atoms with Crippen molar-refractivity contribution >= 4 is 11.3 Å². The topological polar surface area (TPSA) is 82.4 Å². The van der Waals surface area contributed by atoms with Crippen LogP contribution < -0.4 is 5.56 Å².